The van der Waals surface area contributed by atoms with Gasteiger partial charge in [0.1, 0.15) is 5.82 Å². The number of nitrogens with two attached hydrogens (primary N) is 1. The zero-order chi connectivity index (χ0) is 15.4. The molecule has 0 spiro atoms. The van der Waals surface area contributed by atoms with Crippen LogP contribution in [0.3, 0.4) is 0 Å². The number of fused-ring (bicyclic) bond motifs is 1. The number of imidazole rings is 1. The Balaban J connectivity index is 0.00000242. The number of likely N-dealkylation sites (N-methyl/N-ethyl adjacent to an activating group) is 1. The summed E-state index contributed by atoms with van der Waals surface area (Å²) in [5, 5.41) is 0. The van der Waals surface area contributed by atoms with Crippen molar-refractivity contribution < 1.29 is 4.79 Å². The molecule has 3 N–H and O–H groups in total. The van der Waals surface area contributed by atoms with E-state index in [4.69, 9.17) is 5.73 Å². The highest BCUT2D eigenvalue weighted by Crippen LogP contribution is 2.11. The normalized spacial score (nSPS) is 12.2. The van der Waals surface area contributed by atoms with Crippen LogP contribution < -0.4 is 5.73 Å². The van der Waals surface area contributed by atoms with Crippen LogP contribution in [0.5, 0.6) is 0 Å². The minimum Gasteiger partial charge on any atom is -0.344 e. The van der Waals surface area contributed by atoms with Gasteiger partial charge in [0.15, 0.2) is 0 Å². The van der Waals surface area contributed by atoms with Crippen LogP contribution in [0.1, 0.15) is 26.1 Å². The van der Waals surface area contributed by atoms with Gasteiger partial charge in [-0.3, -0.25) is 4.79 Å². The van der Waals surface area contributed by atoms with E-state index in [-0.39, 0.29) is 24.2 Å². The van der Waals surface area contributed by atoms with Gasteiger partial charge < -0.3 is 15.6 Å². The van der Waals surface area contributed by atoms with Gasteiger partial charge in [-0.25, -0.2) is 4.98 Å². The first kappa shape index (κ1) is 18.5. The maximum absolute atomic E-state index is 12.0. The molecule has 122 valence electrons. The molecule has 1 atom stereocenters. The van der Waals surface area contributed by atoms with Crippen molar-refractivity contribution in [2.45, 2.75) is 32.7 Å². The molecular weight excluding hydrogens is 300 g/mol. The van der Waals surface area contributed by atoms with E-state index in [2.05, 4.69) is 9.97 Å². The van der Waals surface area contributed by atoms with Crippen molar-refractivity contribution in [3.63, 3.8) is 0 Å². The third kappa shape index (κ3) is 4.45. The molecule has 0 radical (unpaired) electrons. The fourth-order valence-electron chi connectivity index (χ4n) is 2.26. The SMILES string of the molecule is CC(C)[C@H](N)C(=O)N(C)CCCc1nc2ccccc2[nH]1.Cl. The first-order chi connectivity index (χ1) is 9.99. The Bertz CT molecular complexity index is 578. The van der Waals surface area contributed by atoms with Gasteiger partial charge in [0.25, 0.3) is 0 Å². The van der Waals surface area contributed by atoms with Gasteiger partial charge >= 0.3 is 0 Å². The summed E-state index contributed by atoms with van der Waals surface area (Å²) in [6, 6.07) is 7.56. The first-order valence-electron chi connectivity index (χ1n) is 7.43. The Morgan fingerprint density at radius 3 is 2.68 bits per heavy atom. The van der Waals surface area contributed by atoms with Crippen LogP contribution >= 0.6 is 12.4 Å². The van der Waals surface area contributed by atoms with E-state index in [0.717, 1.165) is 29.7 Å². The maximum atomic E-state index is 12.0. The Hall–Kier alpha value is -1.59. The number of carbonyl (C=O) groups excluding carboxylic acids is 1. The fourth-order valence-corrected chi connectivity index (χ4v) is 2.26. The molecule has 2 aromatic rings. The number of halogens is 1. The van der Waals surface area contributed by atoms with E-state index in [1.165, 1.54) is 0 Å². The number of aromatic amines is 1. The predicted molar refractivity (Wildman–Crippen MR) is 92.1 cm³/mol. The monoisotopic (exact) mass is 324 g/mol. The smallest absolute Gasteiger partial charge is 0.239 e. The number of aromatic nitrogens is 2. The molecule has 0 aliphatic heterocycles. The first-order valence-corrected chi connectivity index (χ1v) is 7.43. The molecule has 1 amide bonds. The van der Waals surface area contributed by atoms with E-state index in [1.54, 1.807) is 4.90 Å². The number of amides is 1. The molecule has 0 unspecified atom stereocenters. The van der Waals surface area contributed by atoms with Crippen LogP contribution in [-0.2, 0) is 11.2 Å². The van der Waals surface area contributed by atoms with Crippen molar-refractivity contribution in [2.24, 2.45) is 11.7 Å². The second-order valence-corrected chi connectivity index (χ2v) is 5.83. The summed E-state index contributed by atoms with van der Waals surface area (Å²) in [6.45, 7) is 4.62. The van der Waals surface area contributed by atoms with Crippen molar-refractivity contribution in [1.82, 2.24) is 14.9 Å². The van der Waals surface area contributed by atoms with Crippen LogP contribution in [-0.4, -0.2) is 40.4 Å². The third-order valence-electron chi connectivity index (χ3n) is 3.73. The number of hydrogen-bond acceptors (Lipinski definition) is 3. The molecular formula is C16H25ClN4O. The number of nitrogens with one attached hydrogen (secondary N) is 1. The Kier molecular flexibility index (Phi) is 6.84. The molecule has 0 bridgehead atoms. The summed E-state index contributed by atoms with van der Waals surface area (Å²) < 4.78 is 0. The molecule has 1 aromatic heterocycles. The fraction of sp³-hybridized carbons (Fsp3) is 0.500. The van der Waals surface area contributed by atoms with Crippen LogP contribution in [0.25, 0.3) is 11.0 Å². The highest BCUT2D eigenvalue weighted by atomic mass is 35.5. The van der Waals surface area contributed by atoms with Gasteiger partial charge in [-0.15, -0.1) is 12.4 Å². The molecule has 0 aliphatic carbocycles. The van der Waals surface area contributed by atoms with Gasteiger partial charge in [0, 0.05) is 20.0 Å². The molecule has 1 heterocycles. The molecule has 0 saturated heterocycles. The zero-order valence-corrected chi connectivity index (χ0v) is 14.2. The van der Waals surface area contributed by atoms with Crippen molar-refractivity contribution in [3.05, 3.63) is 30.1 Å². The minimum absolute atomic E-state index is 0. The van der Waals surface area contributed by atoms with Crippen LogP contribution in [0.2, 0.25) is 0 Å². The maximum Gasteiger partial charge on any atom is 0.239 e. The lowest BCUT2D eigenvalue weighted by Crippen LogP contribution is -2.45. The van der Waals surface area contributed by atoms with Gasteiger partial charge in [-0.1, -0.05) is 26.0 Å². The third-order valence-corrected chi connectivity index (χ3v) is 3.73. The highest BCUT2D eigenvalue weighted by Gasteiger charge is 2.20. The van der Waals surface area contributed by atoms with E-state index in [0.29, 0.717) is 6.54 Å². The van der Waals surface area contributed by atoms with Crippen LogP contribution in [0, 0.1) is 5.92 Å². The molecule has 0 aliphatic rings. The lowest BCUT2D eigenvalue weighted by atomic mass is 10.0. The number of aryl methyl sites for hydroxylation is 1. The van der Waals surface area contributed by atoms with Crippen molar-refractivity contribution in [2.75, 3.05) is 13.6 Å². The van der Waals surface area contributed by atoms with Crippen LogP contribution in [0.4, 0.5) is 0 Å². The average Bonchev–Trinajstić information content (AvgIpc) is 2.87. The summed E-state index contributed by atoms with van der Waals surface area (Å²) in [6.07, 6.45) is 1.69. The second-order valence-electron chi connectivity index (χ2n) is 5.83. The van der Waals surface area contributed by atoms with Crippen LogP contribution in [0.15, 0.2) is 24.3 Å². The van der Waals surface area contributed by atoms with Crippen molar-refractivity contribution in [3.8, 4) is 0 Å². The van der Waals surface area contributed by atoms with Crippen molar-refractivity contribution in [1.29, 1.82) is 0 Å². The second kappa shape index (κ2) is 8.15. The van der Waals surface area contributed by atoms with E-state index in [1.807, 2.05) is 45.2 Å². The summed E-state index contributed by atoms with van der Waals surface area (Å²) in [7, 11) is 1.81. The molecule has 2 rings (SSSR count). The molecule has 1 aromatic carbocycles. The predicted octanol–water partition coefficient (Wildman–Crippen LogP) is 2.36. The largest absolute Gasteiger partial charge is 0.344 e. The quantitative estimate of drug-likeness (QED) is 0.856. The number of hydrogen-bond donors (Lipinski definition) is 2. The summed E-state index contributed by atoms with van der Waals surface area (Å²) >= 11 is 0. The molecule has 0 fully saturated rings. The van der Waals surface area contributed by atoms with Gasteiger partial charge in [0.2, 0.25) is 5.91 Å². The number of nitrogens with zero attached hydrogens (tertiary/aromatic N) is 2. The van der Waals surface area contributed by atoms with Gasteiger partial charge in [-0.05, 0) is 24.5 Å². The number of para-hydroxylation sites is 2. The molecule has 22 heavy (non-hydrogen) atoms. The zero-order valence-electron chi connectivity index (χ0n) is 13.4. The lowest BCUT2D eigenvalue weighted by molar-refractivity contribution is -0.132. The number of H-pyrrole nitrogens is 1. The van der Waals surface area contributed by atoms with E-state index >= 15 is 0 Å². The molecule has 0 saturated carbocycles. The number of benzene rings is 1. The Labute approximate surface area is 137 Å². The average molecular weight is 325 g/mol. The van der Waals surface area contributed by atoms with E-state index < -0.39 is 6.04 Å². The minimum atomic E-state index is -0.416. The van der Waals surface area contributed by atoms with Gasteiger partial charge in [-0.2, -0.15) is 0 Å². The summed E-state index contributed by atoms with van der Waals surface area (Å²) in [5.41, 5.74) is 7.92. The molecule has 5 nitrogen and oxygen atoms in total. The Morgan fingerprint density at radius 1 is 1.36 bits per heavy atom. The lowest BCUT2D eigenvalue weighted by Gasteiger charge is -2.23. The summed E-state index contributed by atoms with van der Waals surface area (Å²) in [5.74, 6) is 1.13. The number of carbonyl (C=O) groups is 1. The molecule has 6 heteroatoms. The number of rotatable bonds is 6. The topological polar surface area (TPSA) is 75.0 Å². The Morgan fingerprint density at radius 2 is 2.05 bits per heavy atom. The van der Waals surface area contributed by atoms with Crippen molar-refractivity contribution >= 4 is 29.3 Å². The van der Waals surface area contributed by atoms with E-state index in [9.17, 15) is 4.79 Å². The highest BCUT2D eigenvalue weighted by molar-refractivity contribution is 5.85. The van der Waals surface area contributed by atoms with Gasteiger partial charge in [0.05, 0.1) is 17.1 Å². The summed E-state index contributed by atoms with van der Waals surface area (Å²) in [4.78, 5) is 21.6. The standard InChI is InChI=1S/C16H24N4O.ClH/c1-11(2)15(17)16(21)20(3)10-6-9-14-18-12-7-4-5-8-13(12)19-14;/h4-5,7-8,11,15H,6,9-10,17H2,1-3H3,(H,18,19);1H/t15-;/m0./s1.